The smallest absolute Gasteiger partial charge is 0.243 e. The van der Waals surface area contributed by atoms with Gasteiger partial charge in [0.1, 0.15) is 11.6 Å². The van der Waals surface area contributed by atoms with Gasteiger partial charge in [0.2, 0.25) is 5.91 Å². The van der Waals surface area contributed by atoms with Gasteiger partial charge in [-0.25, -0.2) is 9.37 Å². The van der Waals surface area contributed by atoms with E-state index >= 15 is 0 Å². The number of rotatable bonds is 4. The minimum absolute atomic E-state index is 0.0927. The molecular weight excluding hydrogens is 381 g/mol. The number of carbonyl (C=O) groups is 1. The SMILES string of the molecule is O=C(Nc1ccc(Cc2cccc(F)c2)cn1)C1CC(Br)SN1. The lowest BCUT2D eigenvalue weighted by molar-refractivity contribution is -0.117. The molecule has 2 unspecified atom stereocenters. The second-order valence-corrected chi connectivity index (χ2v) is 8.03. The van der Waals surface area contributed by atoms with E-state index in [2.05, 4.69) is 31.0 Å². The molecule has 1 aliphatic rings. The Hall–Kier alpha value is -1.44. The van der Waals surface area contributed by atoms with Crippen LogP contribution in [0, 0.1) is 5.82 Å². The molecule has 23 heavy (non-hydrogen) atoms. The van der Waals surface area contributed by atoms with E-state index in [1.54, 1.807) is 18.3 Å². The Balaban J connectivity index is 1.59. The van der Waals surface area contributed by atoms with Crippen molar-refractivity contribution in [3.05, 3.63) is 59.5 Å². The van der Waals surface area contributed by atoms with Gasteiger partial charge in [-0.1, -0.05) is 46.1 Å². The summed E-state index contributed by atoms with van der Waals surface area (Å²) >= 11 is 4.96. The van der Waals surface area contributed by atoms with Crippen LogP contribution in [0.25, 0.3) is 0 Å². The number of alkyl halides is 1. The summed E-state index contributed by atoms with van der Waals surface area (Å²) in [5.74, 6) is 0.180. The topological polar surface area (TPSA) is 54.0 Å². The third kappa shape index (κ3) is 4.53. The van der Waals surface area contributed by atoms with Crippen molar-refractivity contribution in [2.45, 2.75) is 23.0 Å². The predicted molar refractivity (Wildman–Crippen MR) is 93.9 cm³/mol. The Kier molecular flexibility index (Phi) is 5.30. The molecule has 2 atom stereocenters. The standard InChI is InChI=1S/C16H15BrFN3OS/c17-14-8-13(21-23-14)16(22)20-15-5-4-11(9-19-15)6-10-2-1-3-12(18)7-10/h1-5,7,9,13-14,21H,6,8H2,(H,19,20,22). The van der Waals surface area contributed by atoms with Gasteiger partial charge in [0.15, 0.2) is 0 Å². The highest BCUT2D eigenvalue weighted by atomic mass is 79.9. The molecular formula is C16H15BrFN3OS. The number of nitrogens with zero attached hydrogens (tertiary/aromatic N) is 1. The van der Waals surface area contributed by atoms with Gasteiger partial charge in [0.05, 0.1) is 10.2 Å². The van der Waals surface area contributed by atoms with Crippen molar-refractivity contribution in [2.24, 2.45) is 0 Å². The first kappa shape index (κ1) is 16.4. The van der Waals surface area contributed by atoms with Gasteiger partial charge >= 0.3 is 0 Å². The van der Waals surface area contributed by atoms with Crippen LogP contribution in [-0.4, -0.2) is 21.1 Å². The fraction of sp³-hybridized carbons (Fsp3) is 0.250. The lowest BCUT2D eigenvalue weighted by Crippen LogP contribution is -2.33. The van der Waals surface area contributed by atoms with Crippen molar-refractivity contribution in [1.82, 2.24) is 9.71 Å². The Labute approximate surface area is 146 Å². The molecule has 1 aromatic carbocycles. The summed E-state index contributed by atoms with van der Waals surface area (Å²) < 4.78 is 16.5. The van der Waals surface area contributed by atoms with Gasteiger partial charge in [-0.3, -0.25) is 9.52 Å². The number of amides is 1. The quantitative estimate of drug-likeness (QED) is 0.614. The maximum absolute atomic E-state index is 13.2. The molecule has 2 heterocycles. The summed E-state index contributed by atoms with van der Waals surface area (Å²) in [6.07, 6.45) is 3.03. The average molecular weight is 396 g/mol. The van der Waals surface area contributed by atoms with Crippen LogP contribution < -0.4 is 10.0 Å². The highest BCUT2D eigenvalue weighted by Gasteiger charge is 2.28. The maximum atomic E-state index is 13.2. The maximum Gasteiger partial charge on any atom is 0.243 e. The summed E-state index contributed by atoms with van der Waals surface area (Å²) in [6, 6.07) is 9.93. The zero-order valence-corrected chi connectivity index (χ0v) is 14.5. The molecule has 2 N–H and O–H groups in total. The Morgan fingerprint density at radius 1 is 1.39 bits per heavy atom. The molecule has 0 aliphatic carbocycles. The van der Waals surface area contributed by atoms with E-state index in [1.807, 2.05) is 12.1 Å². The molecule has 1 fully saturated rings. The summed E-state index contributed by atoms with van der Waals surface area (Å²) in [6.45, 7) is 0. The zero-order chi connectivity index (χ0) is 16.2. The first-order valence-electron chi connectivity index (χ1n) is 7.15. The third-order valence-electron chi connectivity index (χ3n) is 3.45. The average Bonchev–Trinajstić information content (AvgIpc) is 2.96. The van der Waals surface area contributed by atoms with E-state index in [0.717, 1.165) is 17.5 Å². The number of hydrogen-bond donors (Lipinski definition) is 2. The highest BCUT2D eigenvalue weighted by Crippen LogP contribution is 2.28. The molecule has 1 aromatic heterocycles. The second-order valence-electron chi connectivity index (χ2n) is 5.28. The molecule has 1 saturated heterocycles. The number of aromatic nitrogens is 1. The number of anilines is 1. The Morgan fingerprint density at radius 3 is 2.91 bits per heavy atom. The lowest BCUT2D eigenvalue weighted by atomic mass is 10.1. The van der Waals surface area contributed by atoms with Crippen LogP contribution >= 0.6 is 27.9 Å². The predicted octanol–water partition coefficient (Wildman–Crippen LogP) is 3.48. The van der Waals surface area contributed by atoms with Crippen LogP contribution in [0.15, 0.2) is 42.6 Å². The molecule has 3 rings (SSSR count). The van der Waals surface area contributed by atoms with Crippen LogP contribution in [0.5, 0.6) is 0 Å². The van der Waals surface area contributed by atoms with Gasteiger partial charge in [-0.05, 0) is 42.2 Å². The monoisotopic (exact) mass is 395 g/mol. The summed E-state index contributed by atoms with van der Waals surface area (Å²) in [4.78, 5) is 16.3. The first-order valence-corrected chi connectivity index (χ1v) is 8.95. The molecule has 2 aromatic rings. The summed E-state index contributed by atoms with van der Waals surface area (Å²) in [7, 11) is 0. The number of nitrogens with one attached hydrogen (secondary N) is 2. The molecule has 0 radical (unpaired) electrons. The minimum atomic E-state index is -0.244. The number of halogens is 2. The van der Waals surface area contributed by atoms with Gasteiger partial charge < -0.3 is 5.32 Å². The minimum Gasteiger partial charge on any atom is -0.309 e. The van der Waals surface area contributed by atoms with Crippen molar-refractivity contribution >= 4 is 39.6 Å². The van der Waals surface area contributed by atoms with Gasteiger partial charge in [-0.15, -0.1) is 0 Å². The van der Waals surface area contributed by atoms with Gasteiger partial charge in [0.25, 0.3) is 0 Å². The fourth-order valence-electron chi connectivity index (χ4n) is 2.30. The fourth-order valence-corrected chi connectivity index (χ4v) is 3.80. The van der Waals surface area contributed by atoms with Crippen LogP contribution in [0.1, 0.15) is 17.5 Å². The zero-order valence-electron chi connectivity index (χ0n) is 12.1. The molecule has 0 bridgehead atoms. The van der Waals surface area contributed by atoms with E-state index in [9.17, 15) is 9.18 Å². The summed E-state index contributed by atoms with van der Waals surface area (Å²) in [5, 5.41) is 2.80. The first-order chi connectivity index (χ1) is 11.1. The van der Waals surface area contributed by atoms with E-state index in [4.69, 9.17) is 0 Å². The second kappa shape index (κ2) is 7.42. The molecule has 7 heteroatoms. The molecule has 0 spiro atoms. The van der Waals surface area contributed by atoms with Crippen molar-refractivity contribution in [2.75, 3.05) is 5.32 Å². The van der Waals surface area contributed by atoms with E-state index in [0.29, 0.717) is 12.2 Å². The van der Waals surface area contributed by atoms with Crippen LogP contribution in [-0.2, 0) is 11.2 Å². The molecule has 4 nitrogen and oxygen atoms in total. The number of pyridine rings is 1. The molecule has 1 amide bonds. The van der Waals surface area contributed by atoms with Crippen molar-refractivity contribution < 1.29 is 9.18 Å². The number of hydrogen-bond acceptors (Lipinski definition) is 4. The number of carbonyl (C=O) groups excluding carboxylic acids is 1. The molecule has 120 valence electrons. The van der Waals surface area contributed by atoms with Crippen LogP contribution in [0.2, 0.25) is 0 Å². The Morgan fingerprint density at radius 2 is 2.26 bits per heavy atom. The highest BCUT2D eigenvalue weighted by molar-refractivity contribution is 9.11. The van der Waals surface area contributed by atoms with Gasteiger partial charge in [-0.2, -0.15) is 0 Å². The van der Waals surface area contributed by atoms with Crippen molar-refractivity contribution in [3.63, 3.8) is 0 Å². The largest absolute Gasteiger partial charge is 0.309 e. The van der Waals surface area contributed by atoms with E-state index in [1.165, 1.54) is 24.1 Å². The molecule has 0 saturated carbocycles. The van der Waals surface area contributed by atoms with Crippen molar-refractivity contribution in [3.8, 4) is 0 Å². The summed E-state index contributed by atoms with van der Waals surface area (Å²) in [5.41, 5.74) is 1.85. The van der Waals surface area contributed by atoms with Crippen molar-refractivity contribution in [1.29, 1.82) is 0 Å². The third-order valence-corrected chi connectivity index (χ3v) is 5.25. The van der Waals surface area contributed by atoms with Crippen LogP contribution in [0.3, 0.4) is 0 Å². The van der Waals surface area contributed by atoms with E-state index < -0.39 is 0 Å². The molecule has 1 aliphatic heterocycles. The normalized spacial score (nSPS) is 20.4. The van der Waals surface area contributed by atoms with Crippen LogP contribution in [0.4, 0.5) is 10.2 Å². The number of benzene rings is 1. The Bertz CT molecular complexity index is 698. The van der Waals surface area contributed by atoms with Gasteiger partial charge in [0, 0.05) is 6.20 Å². The van der Waals surface area contributed by atoms with E-state index in [-0.39, 0.29) is 21.9 Å². The lowest BCUT2D eigenvalue weighted by Gasteiger charge is -2.10.